The van der Waals surface area contributed by atoms with Crippen molar-refractivity contribution in [1.29, 1.82) is 0 Å². The molecule has 0 spiro atoms. The molecule has 1 N–H and O–H groups in total. The third-order valence-corrected chi connectivity index (χ3v) is 4.58. The van der Waals surface area contributed by atoms with Crippen LogP contribution >= 0.6 is 0 Å². The van der Waals surface area contributed by atoms with Crippen molar-refractivity contribution in [3.05, 3.63) is 100.0 Å². The van der Waals surface area contributed by atoms with E-state index in [0.717, 1.165) is 5.56 Å². The van der Waals surface area contributed by atoms with Crippen LogP contribution in [0.3, 0.4) is 0 Å². The van der Waals surface area contributed by atoms with Crippen molar-refractivity contribution < 1.29 is 9.23 Å². The maximum Gasteiger partial charge on any atom is 0.287 e. The summed E-state index contributed by atoms with van der Waals surface area (Å²) >= 11 is 0. The molecule has 146 valence electrons. The molecule has 0 bridgehead atoms. The van der Waals surface area contributed by atoms with Crippen LogP contribution < -0.4 is 15.7 Å². The van der Waals surface area contributed by atoms with Gasteiger partial charge in [-0.1, -0.05) is 48.5 Å². The zero-order chi connectivity index (χ0) is 20.2. The molecule has 29 heavy (non-hydrogen) atoms. The zero-order valence-corrected chi connectivity index (χ0v) is 15.8. The first-order chi connectivity index (χ1) is 14.1. The van der Waals surface area contributed by atoms with Gasteiger partial charge < -0.3 is 10.2 Å². The number of fused-ring (bicyclic) bond motifs is 1. The van der Waals surface area contributed by atoms with Gasteiger partial charge in [0.25, 0.3) is 5.56 Å². The van der Waals surface area contributed by atoms with Gasteiger partial charge in [0.2, 0.25) is 0 Å². The van der Waals surface area contributed by atoms with Crippen LogP contribution in [0.4, 0.5) is 10.1 Å². The molecule has 7 heteroatoms. The molecule has 4 rings (SSSR count). The van der Waals surface area contributed by atoms with Crippen LogP contribution in [0.25, 0.3) is 11.0 Å². The number of hydrogen-bond donors (Lipinski definition) is 1. The van der Waals surface area contributed by atoms with Crippen LogP contribution in [0.5, 0.6) is 0 Å². The second-order valence-corrected chi connectivity index (χ2v) is 6.55. The van der Waals surface area contributed by atoms with Crippen molar-refractivity contribution >= 4 is 16.7 Å². The fourth-order valence-electron chi connectivity index (χ4n) is 3.10. The molecule has 0 aliphatic heterocycles. The normalized spacial score (nSPS) is 10.8. The Hall–Kier alpha value is -3.74. The predicted octanol–water partition coefficient (Wildman–Crippen LogP) is 3.48. The van der Waals surface area contributed by atoms with E-state index in [1.165, 1.54) is 23.2 Å². The quantitative estimate of drug-likeness (QED) is 0.546. The van der Waals surface area contributed by atoms with Gasteiger partial charge in [-0.25, -0.2) is 14.4 Å². The number of aromatic nitrogens is 3. The van der Waals surface area contributed by atoms with Crippen molar-refractivity contribution in [2.75, 3.05) is 5.32 Å². The molecule has 0 radical (unpaired) electrons. The Kier molecular flexibility index (Phi) is 5.20. The Labute approximate surface area is 166 Å². The number of rotatable bonds is 6. The van der Waals surface area contributed by atoms with Gasteiger partial charge in [0.1, 0.15) is 18.8 Å². The lowest BCUT2D eigenvalue weighted by Gasteiger charge is -2.15. The van der Waals surface area contributed by atoms with E-state index in [0.29, 0.717) is 28.0 Å². The summed E-state index contributed by atoms with van der Waals surface area (Å²) in [7, 11) is 0. The number of anilines is 1. The molecular formula is C22H19FN4O2. The van der Waals surface area contributed by atoms with Crippen LogP contribution in [-0.4, -0.2) is 14.7 Å². The first-order valence-electron chi connectivity index (χ1n) is 9.15. The summed E-state index contributed by atoms with van der Waals surface area (Å²) in [5.41, 5.74) is 2.63. The minimum Gasteiger partial charge on any atom is -0.404 e. The Morgan fingerprint density at radius 2 is 1.83 bits per heavy atom. The summed E-state index contributed by atoms with van der Waals surface area (Å²) in [4.78, 5) is 27.0. The van der Waals surface area contributed by atoms with Gasteiger partial charge in [-0.3, -0.25) is 4.79 Å². The highest BCUT2D eigenvalue weighted by atomic mass is 19.1. The van der Waals surface area contributed by atoms with E-state index in [4.69, 9.17) is 4.84 Å². The van der Waals surface area contributed by atoms with Crippen LogP contribution in [-0.2, 0) is 13.2 Å². The van der Waals surface area contributed by atoms with Gasteiger partial charge in [-0.05, 0) is 18.6 Å². The van der Waals surface area contributed by atoms with E-state index in [-0.39, 0.29) is 24.5 Å². The molecule has 0 unspecified atom stereocenters. The Morgan fingerprint density at radius 3 is 2.62 bits per heavy atom. The second-order valence-electron chi connectivity index (χ2n) is 6.55. The molecular weight excluding hydrogens is 371 g/mol. The van der Waals surface area contributed by atoms with E-state index >= 15 is 0 Å². The minimum atomic E-state index is -0.373. The average molecular weight is 390 g/mol. The lowest BCUT2D eigenvalue weighted by atomic mass is 10.2. The number of aryl methyl sites for hydroxylation is 1. The molecule has 0 aliphatic carbocycles. The first-order valence-corrected chi connectivity index (χ1v) is 9.15. The van der Waals surface area contributed by atoms with Gasteiger partial charge >= 0.3 is 0 Å². The number of pyridine rings is 1. The summed E-state index contributed by atoms with van der Waals surface area (Å²) in [6.45, 7) is 2.27. The van der Waals surface area contributed by atoms with E-state index < -0.39 is 0 Å². The van der Waals surface area contributed by atoms with Gasteiger partial charge in [-0.2, -0.15) is 0 Å². The monoisotopic (exact) mass is 390 g/mol. The molecule has 0 fully saturated rings. The second kappa shape index (κ2) is 8.10. The molecule has 4 aromatic rings. The predicted molar refractivity (Wildman–Crippen MR) is 109 cm³/mol. The van der Waals surface area contributed by atoms with Crippen molar-refractivity contribution in [3.63, 3.8) is 0 Å². The highest BCUT2D eigenvalue weighted by Crippen LogP contribution is 2.23. The summed E-state index contributed by atoms with van der Waals surface area (Å²) in [5.74, 6) is -0.309. The Balaban J connectivity index is 1.69. The van der Waals surface area contributed by atoms with Crippen LogP contribution in [0, 0.1) is 12.7 Å². The molecule has 0 atom stereocenters. The Morgan fingerprint density at radius 1 is 1.07 bits per heavy atom. The molecule has 2 heterocycles. The first kappa shape index (κ1) is 18.6. The third kappa shape index (κ3) is 3.94. The lowest BCUT2D eigenvalue weighted by Crippen LogP contribution is -2.28. The highest BCUT2D eigenvalue weighted by molar-refractivity contribution is 5.90. The molecule has 0 amide bonds. The molecule has 2 aromatic carbocycles. The number of nitrogens with zero attached hydrogens (tertiary/aromatic N) is 3. The van der Waals surface area contributed by atoms with Gasteiger partial charge in [-0.15, -0.1) is 4.73 Å². The van der Waals surface area contributed by atoms with E-state index in [2.05, 4.69) is 15.3 Å². The minimum absolute atomic E-state index is 0.223. The van der Waals surface area contributed by atoms with Crippen molar-refractivity contribution in [3.8, 4) is 0 Å². The third-order valence-electron chi connectivity index (χ3n) is 4.58. The lowest BCUT2D eigenvalue weighted by molar-refractivity contribution is 0.0979. The summed E-state index contributed by atoms with van der Waals surface area (Å²) < 4.78 is 15.1. The van der Waals surface area contributed by atoms with Crippen molar-refractivity contribution in [2.24, 2.45) is 0 Å². The average Bonchev–Trinajstić information content (AvgIpc) is 2.73. The smallest absolute Gasteiger partial charge is 0.287 e. The van der Waals surface area contributed by atoms with E-state index in [1.807, 2.05) is 37.3 Å². The maximum atomic E-state index is 13.9. The van der Waals surface area contributed by atoms with E-state index in [9.17, 15) is 9.18 Å². The SMILES string of the molecule is Cc1ncnc2c1c(NCc1ccccc1F)cc(=O)n2OCc1ccccc1. The molecule has 0 saturated carbocycles. The molecule has 0 saturated heterocycles. The number of halogens is 1. The van der Waals surface area contributed by atoms with Crippen LogP contribution in [0.15, 0.2) is 71.8 Å². The molecule has 2 aromatic heterocycles. The maximum absolute atomic E-state index is 13.9. The standard InChI is InChI=1S/C22H19FN4O2/c1-15-21-19(24-12-17-9-5-6-10-18(17)23)11-20(28)27(22(21)26-14-25-15)29-13-16-7-3-2-4-8-16/h2-11,14,24H,12-13H2,1H3. The van der Waals surface area contributed by atoms with E-state index in [1.54, 1.807) is 18.2 Å². The number of benzene rings is 2. The summed E-state index contributed by atoms with van der Waals surface area (Å²) in [5, 5.41) is 3.79. The molecule has 6 nitrogen and oxygen atoms in total. The largest absolute Gasteiger partial charge is 0.404 e. The Bertz CT molecular complexity index is 1210. The van der Waals surface area contributed by atoms with Gasteiger partial charge in [0.15, 0.2) is 5.65 Å². The highest BCUT2D eigenvalue weighted by Gasteiger charge is 2.14. The zero-order valence-electron chi connectivity index (χ0n) is 15.8. The van der Waals surface area contributed by atoms with Crippen LogP contribution in [0.1, 0.15) is 16.8 Å². The van der Waals surface area contributed by atoms with Crippen molar-refractivity contribution in [1.82, 2.24) is 14.7 Å². The van der Waals surface area contributed by atoms with Crippen LogP contribution in [0.2, 0.25) is 0 Å². The number of nitrogens with one attached hydrogen (secondary N) is 1. The van der Waals surface area contributed by atoms with Gasteiger partial charge in [0.05, 0.1) is 16.8 Å². The van der Waals surface area contributed by atoms with Crippen molar-refractivity contribution in [2.45, 2.75) is 20.1 Å². The fraction of sp³-hybridized carbons (Fsp3) is 0.136. The summed E-state index contributed by atoms with van der Waals surface area (Å²) in [6.07, 6.45) is 1.39. The molecule has 0 aliphatic rings. The number of hydrogen-bond acceptors (Lipinski definition) is 5. The van der Waals surface area contributed by atoms with Gasteiger partial charge in [0, 0.05) is 18.2 Å². The fourth-order valence-corrected chi connectivity index (χ4v) is 3.10. The summed E-state index contributed by atoms with van der Waals surface area (Å²) in [6, 6.07) is 17.5. The topological polar surface area (TPSA) is 69.0 Å².